The van der Waals surface area contributed by atoms with Crippen LogP contribution in [0.5, 0.6) is 0 Å². The second kappa shape index (κ2) is 4.21. The normalized spacial score (nSPS) is 22.8. The predicted molar refractivity (Wildman–Crippen MR) is 51.5 cm³/mol. The molecule has 0 N–H and O–H groups in total. The summed E-state index contributed by atoms with van der Waals surface area (Å²) in [7, 11) is 1.53. The number of methoxy groups -OCH3 is 1. The average molecular weight is 183 g/mol. The van der Waals surface area contributed by atoms with Crippen LogP contribution in [0.25, 0.3) is 0 Å². The topological polar surface area (TPSA) is 21.6 Å². The van der Waals surface area contributed by atoms with Gasteiger partial charge >= 0.3 is 0 Å². The van der Waals surface area contributed by atoms with Crippen molar-refractivity contribution in [3.63, 3.8) is 0 Å². The Balaban J connectivity index is 2.90. The van der Waals surface area contributed by atoms with Gasteiger partial charge < -0.3 is 4.74 Å². The number of alkyl halides is 1. The summed E-state index contributed by atoms with van der Waals surface area (Å²) in [5.74, 6) is 0.504. The molecule has 3 heteroatoms. The molecule has 0 spiro atoms. The molecule has 1 rings (SSSR count). The summed E-state index contributed by atoms with van der Waals surface area (Å²) in [6, 6.07) is 0. The van der Waals surface area contributed by atoms with Gasteiger partial charge in [-0.25, -0.2) is 4.39 Å². The number of hydrogen-bond acceptors (Lipinski definition) is 2. The van der Waals surface area contributed by atoms with Gasteiger partial charge in [0.05, 0.1) is 7.11 Å². The van der Waals surface area contributed by atoms with Crippen molar-refractivity contribution >= 4 is 6.72 Å². The standard InChI is InChI=1S/C10H14FNO/c1-7(13-3)9-6-8(11)4-5-10(9)12-2/h8H,1-2,4-6H2,3H3. The highest BCUT2D eigenvalue weighted by atomic mass is 19.1. The maximum atomic E-state index is 13.0. The Labute approximate surface area is 77.8 Å². The third-order valence-electron chi connectivity index (χ3n) is 2.24. The minimum absolute atomic E-state index is 0.348. The van der Waals surface area contributed by atoms with Crippen LogP contribution in [0.3, 0.4) is 0 Å². The lowest BCUT2D eigenvalue weighted by atomic mass is 9.94. The fourth-order valence-corrected chi connectivity index (χ4v) is 1.46. The number of halogens is 1. The van der Waals surface area contributed by atoms with E-state index < -0.39 is 6.17 Å². The van der Waals surface area contributed by atoms with Crippen LogP contribution in [0.1, 0.15) is 19.3 Å². The van der Waals surface area contributed by atoms with Crippen LogP contribution < -0.4 is 0 Å². The Morgan fingerprint density at radius 1 is 1.69 bits per heavy atom. The first-order chi connectivity index (χ1) is 6.19. The summed E-state index contributed by atoms with van der Waals surface area (Å²) in [6.45, 7) is 7.14. The Kier molecular flexibility index (Phi) is 3.23. The molecule has 0 saturated heterocycles. The lowest BCUT2D eigenvalue weighted by molar-refractivity contribution is 0.266. The zero-order chi connectivity index (χ0) is 9.84. The lowest BCUT2D eigenvalue weighted by Gasteiger charge is -2.20. The van der Waals surface area contributed by atoms with E-state index >= 15 is 0 Å². The molecule has 0 aliphatic heterocycles. The van der Waals surface area contributed by atoms with Gasteiger partial charge in [-0.3, -0.25) is 4.99 Å². The zero-order valence-corrected chi connectivity index (χ0v) is 7.85. The molecule has 0 aromatic rings. The molecule has 1 aliphatic rings. The molecular formula is C10H14FNO. The van der Waals surface area contributed by atoms with Crippen molar-refractivity contribution in [2.45, 2.75) is 25.4 Å². The van der Waals surface area contributed by atoms with E-state index in [-0.39, 0.29) is 0 Å². The van der Waals surface area contributed by atoms with Crippen molar-refractivity contribution in [2.24, 2.45) is 4.99 Å². The van der Waals surface area contributed by atoms with E-state index in [9.17, 15) is 4.39 Å². The van der Waals surface area contributed by atoms with E-state index in [0.717, 1.165) is 11.3 Å². The summed E-state index contributed by atoms with van der Waals surface area (Å²) >= 11 is 0. The zero-order valence-electron chi connectivity index (χ0n) is 7.85. The SMILES string of the molecule is C=NC1=C(C(=C)OC)CC(F)CC1. The van der Waals surface area contributed by atoms with Gasteiger partial charge in [0, 0.05) is 17.7 Å². The molecule has 0 bridgehead atoms. The smallest absolute Gasteiger partial charge is 0.116 e. The van der Waals surface area contributed by atoms with Crippen LogP contribution in [-0.4, -0.2) is 20.0 Å². The molecule has 1 unspecified atom stereocenters. The minimum atomic E-state index is -0.799. The summed E-state index contributed by atoms with van der Waals surface area (Å²) in [5.41, 5.74) is 1.59. The van der Waals surface area contributed by atoms with Crippen LogP contribution >= 0.6 is 0 Å². The molecule has 72 valence electrons. The summed E-state index contributed by atoms with van der Waals surface area (Å²) in [4.78, 5) is 3.85. The molecule has 0 saturated carbocycles. The number of ether oxygens (including phenoxy) is 1. The van der Waals surface area contributed by atoms with Gasteiger partial charge in [-0.15, -0.1) is 0 Å². The van der Waals surface area contributed by atoms with Gasteiger partial charge in [0.15, 0.2) is 0 Å². The maximum absolute atomic E-state index is 13.0. The summed E-state index contributed by atoms with van der Waals surface area (Å²) < 4.78 is 18.0. The van der Waals surface area contributed by atoms with Gasteiger partial charge in [0.1, 0.15) is 11.9 Å². The monoisotopic (exact) mass is 183 g/mol. The second-order valence-electron chi connectivity index (χ2n) is 3.05. The average Bonchev–Trinajstić information content (AvgIpc) is 2.16. The highest BCUT2D eigenvalue weighted by Crippen LogP contribution is 2.31. The lowest BCUT2D eigenvalue weighted by Crippen LogP contribution is -2.12. The number of nitrogens with zero attached hydrogens (tertiary/aromatic N) is 1. The Bertz CT molecular complexity index is 258. The van der Waals surface area contributed by atoms with Crippen molar-refractivity contribution in [3.8, 4) is 0 Å². The van der Waals surface area contributed by atoms with Gasteiger partial charge in [0.2, 0.25) is 0 Å². The molecule has 2 nitrogen and oxygen atoms in total. The van der Waals surface area contributed by atoms with E-state index in [1.54, 1.807) is 0 Å². The minimum Gasteiger partial charge on any atom is -0.497 e. The number of allylic oxidation sites excluding steroid dienone is 2. The molecule has 0 aromatic heterocycles. The highest BCUT2D eigenvalue weighted by molar-refractivity contribution is 5.37. The van der Waals surface area contributed by atoms with E-state index in [1.165, 1.54) is 7.11 Å². The second-order valence-corrected chi connectivity index (χ2v) is 3.05. The highest BCUT2D eigenvalue weighted by Gasteiger charge is 2.22. The van der Waals surface area contributed by atoms with Crippen molar-refractivity contribution in [1.82, 2.24) is 0 Å². The van der Waals surface area contributed by atoms with Gasteiger partial charge in [-0.05, 0) is 19.6 Å². The van der Waals surface area contributed by atoms with Crippen LogP contribution in [0, 0.1) is 0 Å². The molecule has 1 aliphatic carbocycles. The predicted octanol–water partition coefficient (Wildman–Crippen LogP) is 2.62. The van der Waals surface area contributed by atoms with E-state index in [0.29, 0.717) is 25.0 Å². The summed E-state index contributed by atoms with van der Waals surface area (Å²) in [5, 5.41) is 0. The van der Waals surface area contributed by atoms with Gasteiger partial charge in [-0.1, -0.05) is 6.58 Å². The van der Waals surface area contributed by atoms with Gasteiger partial charge in [-0.2, -0.15) is 0 Å². The number of hydrogen-bond donors (Lipinski definition) is 0. The number of rotatable bonds is 3. The fourth-order valence-electron chi connectivity index (χ4n) is 1.46. The van der Waals surface area contributed by atoms with Crippen LogP contribution in [0.4, 0.5) is 4.39 Å². The maximum Gasteiger partial charge on any atom is 0.116 e. The molecule has 0 radical (unpaired) electrons. The Morgan fingerprint density at radius 2 is 2.38 bits per heavy atom. The molecule has 0 heterocycles. The largest absolute Gasteiger partial charge is 0.497 e. The van der Waals surface area contributed by atoms with Crippen LogP contribution in [0.2, 0.25) is 0 Å². The Hall–Kier alpha value is -1.12. The van der Waals surface area contributed by atoms with Crippen molar-refractivity contribution in [2.75, 3.05) is 7.11 Å². The Morgan fingerprint density at radius 3 is 2.92 bits per heavy atom. The van der Waals surface area contributed by atoms with Crippen molar-refractivity contribution in [1.29, 1.82) is 0 Å². The first kappa shape index (κ1) is 9.96. The summed E-state index contributed by atoms with van der Waals surface area (Å²) in [6.07, 6.45) is 0.700. The molecule has 0 amide bonds. The van der Waals surface area contributed by atoms with Crippen molar-refractivity contribution < 1.29 is 9.13 Å². The molecule has 1 atom stereocenters. The molecule has 13 heavy (non-hydrogen) atoms. The number of aliphatic imine (C=N–C) groups is 1. The third kappa shape index (κ3) is 2.17. The third-order valence-corrected chi connectivity index (χ3v) is 2.24. The quantitative estimate of drug-likeness (QED) is 0.487. The molecular weight excluding hydrogens is 169 g/mol. The van der Waals surface area contributed by atoms with Crippen LogP contribution in [-0.2, 0) is 4.74 Å². The molecule has 0 aromatic carbocycles. The van der Waals surface area contributed by atoms with Gasteiger partial charge in [0.25, 0.3) is 0 Å². The van der Waals surface area contributed by atoms with E-state index in [2.05, 4.69) is 18.3 Å². The fraction of sp³-hybridized carbons (Fsp3) is 0.500. The first-order valence-corrected chi connectivity index (χ1v) is 4.25. The van der Waals surface area contributed by atoms with E-state index in [1.807, 2.05) is 0 Å². The van der Waals surface area contributed by atoms with E-state index in [4.69, 9.17) is 4.74 Å². The molecule has 0 fully saturated rings. The van der Waals surface area contributed by atoms with Crippen LogP contribution in [0.15, 0.2) is 28.6 Å². The first-order valence-electron chi connectivity index (χ1n) is 4.25. The van der Waals surface area contributed by atoms with Crippen molar-refractivity contribution in [3.05, 3.63) is 23.6 Å².